The van der Waals surface area contributed by atoms with Crippen molar-refractivity contribution in [1.82, 2.24) is 4.90 Å². The number of benzene rings is 1. The third-order valence-corrected chi connectivity index (χ3v) is 3.60. The number of anilines is 1. The van der Waals surface area contributed by atoms with Gasteiger partial charge in [0.1, 0.15) is 0 Å². The van der Waals surface area contributed by atoms with Crippen molar-refractivity contribution in [3.8, 4) is 0 Å². The topological polar surface area (TPSA) is 65.1 Å². The first-order valence-corrected chi connectivity index (χ1v) is 6.15. The molecule has 1 aliphatic heterocycles. The molecule has 1 heterocycles. The van der Waals surface area contributed by atoms with Gasteiger partial charge in [0.25, 0.3) is 0 Å². The van der Waals surface area contributed by atoms with Crippen LogP contribution in [0.5, 0.6) is 0 Å². The van der Waals surface area contributed by atoms with E-state index in [1.54, 1.807) is 0 Å². The molecule has 1 atom stereocenters. The number of piperazine rings is 1. The first kappa shape index (κ1) is 12.7. The van der Waals surface area contributed by atoms with E-state index in [0.717, 1.165) is 25.2 Å². The lowest BCUT2D eigenvalue weighted by atomic mass is 10.1. The lowest BCUT2D eigenvalue weighted by Crippen LogP contribution is -2.50. The molecule has 0 radical (unpaired) electrons. The Bertz CT molecular complexity index is 429. The fraction of sp³-hybridized carbons (Fsp3) is 0.462. The van der Waals surface area contributed by atoms with Crippen LogP contribution in [-0.4, -0.2) is 48.7 Å². The van der Waals surface area contributed by atoms with Gasteiger partial charge in [0.15, 0.2) is 5.84 Å². The maximum atomic E-state index is 8.62. The van der Waals surface area contributed by atoms with Crippen molar-refractivity contribution in [2.45, 2.75) is 13.0 Å². The van der Waals surface area contributed by atoms with Gasteiger partial charge in [-0.3, -0.25) is 0 Å². The van der Waals surface area contributed by atoms with Crippen LogP contribution < -0.4 is 10.6 Å². The predicted molar refractivity (Wildman–Crippen MR) is 73.3 cm³/mol. The molecular formula is C13H20N4O. The van der Waals surface area contributed by atoms with E-state index in [-0.39, 0.29) is 5.84 Å². The van der Waals surface area contributed by atoms with Gasteiger partial charge in [-0.15, -0.1) is 0 Å². The van der Waals surface area contributed by atoms with Gasteiger partial charge >= 0.3 is 0 Å². The molecule has 0 saturated carbocycles. The van der Waals surface area contributed by atoms with Crippen molar-refractivity contribution in [2.24, 2.45) is 10.9 Å². The van der Waals surface area contributed by atoms with Gasteiger partial charge in [-0.25, -0.2) is 0 Å². The predicted octanol–water partition coefficient (Wildman–Crippen LogP) is 0.921. The molecule has 18 heavy (non-hydrogen) atoms. The zero-order valence-corrected chi connectivity index (χ0v) is 10.9. The third kappa shape index (κ3) is 2.56. The normalized spacial score (nSPS) is 22.2. The van der Waals surface area contributed by atoms with Crippen molar-refractivity contribution in [3.05, 3.63) is 29.8 Å². The Morgan fingerprint density at radius 1 is 1.33 bits per heavy atom. The van der Waals surface area contributed by atoms with Gasteiger partial charge in [-0.2, -0.15) is 0 Å². The summed E-state index contributed by atoms with van der Waals surface area (Å²) >= 11 is 0. The van der Waals surface area contributed by atoms with Crippen LogP contribution in [0.4, 0.5) is 5.69 Å². The number of nitrogens with zero attached hydrogens (tertiary/aromatic N) is 3. The van der Waals surface area contributed by atoms with E-state index in [4.69, 9.17) is 10.9 Å². The van der Waals surface area contributed by atoms with Crippen molar-refractivity contribution >= 4 is 11.5 Å². The van der Waals surface area contributed by atoms with Crippen LogP contribution in [0.3, 0.4) is 0 Å². The average Bonchev–Trinajstić information content (AvgIpc) is 2.41. The van der Waals surface area contributed by atoms with Crippen LogP contribution in [0, 0.1) is 0 Å². The van der Waals surface area contributed by atoms with Crippen molar-refractivity contribution < 1.29 is 5.21 Å². The molecule has 2 rings (SSSR count). The van der Waals surface area contributed by atoms with E-state index < -0.39 is 0 Å². The first-order valence-electron chi connectivity index (χ1n) is 6.15. The Hall–Kier alpha value is -1.75. The third-order valence-electron chi connectivity index (χ3n) is 3.60. The van der Waals surface area contributed by atoms with E-state index in [9.17, 15) is 0 Å². The van der Waals surface area contributed by atoms with E-state index in [1.165, 1.54) is 5.69 Å². The van der Waals surface area contributed by atoms with Crippen LogP contribution >= 0.6 is 0 Å². The summed E-state index contributed by atoms with van der Waals surface area (Å²) in [6, 6.07) is 8.36. The van der Waals surface area contributed by atoms with Crippen molar-refractivity contribution in [1.29, 1.82) is 0 Å². The van der Waals surface area contributed by atoms with Gasteiger partial charge < -0.3 is 20.7 Å². The summed E-state index contributed by atoms with van der Waals surface area (Å²) < 4.78 is 0. The summed E-state index contributed by atoms with van der Waals surface area (Å²) in [7, 11) is 2.16. The summed E-state index contributed by atoms with van der Waals surface area (Å²) in [4.78, 5) is 4.72. The average molecular weight is 248 g/mol. The number of amidine groups is 1. The van der Waals surface area contributed by atoms with Gasteiger partial charge in [0.2, 0.25) is 0 Å². The minimum Gasteiger partial charge on any atom is -0.409 e. The van der Waals surface area contributed by atoms with E-state index in [2.05, 4.69) is 28.9 Å². The highest BCUT2D eigenvalue weighted by atomic mass is 16.4. The Morgan fingerprint density at radius 2 is 2.00 bits per heavy atom. The summed E-state index contributed by atoms with van der Waals surface area (Å²) in [5.41, 5.74) is 7.47. The maximum Gasteiger partial charge on any atom is 0.170 e. The fourth-order valence-electron chi connectivity index (χ4n) is 2.18. The molecule has 0 spiro atoms. The zero-order valence-electron chi connectivity index (χ0n) is 10.9. The number of nitrogens with two attached hydrogens (primary N) is 1. The molecule has 5 nitrogen and oxygen atoms in total. The quantitative estimate of drug-likeness (QED) is 0.353. The van der Waals surface area contributed by atoms with E-state index in [1.807, 2.05) is 24.3 Å². The molecule has 0 aromatic heterocycles. The number of rotatable bonds is 2. The van der Waals surface area contributed by atoms with Crippen LogP contribution in [-0.2, 0) is 0 Å². The molecule has 0 aliphatic carbocycles. The van der Waals surface area contributed by atoms with Gasteiger partial charge in [0, 0.05) is 36.9 Å². The van der Waals surface area contributed by atoms with Gasteiger partial charge in [-0.05, 0) is 38.2 Å². The zero-order chi connectivity index (χ0) is 13.1. The van der Waals surface area contributed by atoms with E-state index in [0.29, 0.717) is 6.04 Å². The minimum atomic E-state index is 0.147. The highest BCUT2D eigenvalue weighted by molar-refractivity contribution is 5.97. The molecule has 1 unspecified atom stereocenters. The van der Waals surface area contributed by atoms with Crippen LogP contribution in [0.25, 0.3) is 0 Å². The standard InChI is InChI=1S/C13H20N4O/c1-10-9-17(8-7-16(10)2)12-5-3-11(4-6-12)13(14)15-18/h3-6,10,18H,7-9H2,1-2H3,(H2,14,15). The van der Waals surface area contributed by atoms with Gasteiger partial charge in [-0.1, -0.05) is 5.16 Å². The molecule has 1 fully saturated rings. The van der Waals surface area contributed by atoms with Crippen LogP contribution in [0.2, 0.25) is 0 Å². The Morgan fingerprint density at radius 3 is 2.56 bits per heavy atom. The Labute approximate surface area is 107 Å². The Kier molecular flexibility index (Phi) is 3.72. The maximum absolute atomic E-state index is 8.62. The summed E-state index contributed by atoms with van der Waals surface area (Å²) in [6.45, 7) is 5.36. The van der Waals surface area contributed by atoms with Gasteiger partial charge in [0.05, 0.1) is 0 Å². The minimum absolute atomic E-state index is 0.147. The molecule has 1 aromatic rings. The van der Waals surface area contributed by atoms with Crippen molar-refractivity contribution in [3.63, 3.8) is 0 Å². The molecule has 0 amide bonds. The monoisotopic (exact) mass is 248 g/mol. The lowest BCUT2D eigenvalue weighted by molar-refractivity contribution is 0.234. The first-order chi connectivity index (χ1) is 8.61. The second-order valence-electron chi connectivity index (χ2n) is 4.81. The van der Waals surface area contributed by atoms with Crippen molar-refractivity contribution in [2.75, 3.05) is 31.6 Å². The molecule has 5 heteroatoms. The summed E-state index contributed by atoms with van der Waals surface area (Å²) in [5.74, 6) is 0.147. The van der Waals surface area contributed by atoms with Crippen LogP contribution in [0.1, 0.15) is 12.5 Å². The number of likely N-dealkylation sites (N-methyl/N-ethyl adjacent to an activating group) is 1. The van der Waals surface area contributed by atoms with Crippen LogP contribution in [0.15, 0.2) is 29.4 Å². The number of hydrogen-bond donors (Lipinski definition) is 2. The molecular weight excluding hydrogens is 228 g/mol. The Balaban J connectivity index is 2.10. The smallest absolute Gasteiger partial charge is 0.170 e. The molecule has 1 aliphatic rings. The molecule has 3 N–H and O–H groups in total. The summed E-state index contributed by atoms with van der Waals surface area (Å²) in [5, 5.41) is 11.6. The SMILES string of the molecule is CC1CN(c2ccc(C(N)=NO)cc2)CCN1C. The molecule has 0 bridgehead atoms. The molecule has 1 aromatic carbocycles. The summed E-state index contributed by atoms with van der Waals surface area (Å²) in [6.07, 6.45) is 0. The largest absolute Gasteiger partial charge is 0.409 e. The molecule has 98 valence electrons. The fourth-order valence-corrected chi connectivity index (χ4v) is 2.18. The van der Waals surface area contributed by atoms with E-state index >= 15 is 0 Å². The molecule has 1 saturated heterocycles. The highest BCUT2D eigenvalue weighted by Gasteiger charge is 2.20. The number of hydrogen-bond acceptors (Lipinski definition) is 4. The second kappa shape index (κ2) is 5.27. The lowest BCUT2D eigenvalue weighted by Gasteiger charge is -2.39. The number of oxime groups is 1. The highest BCUT2D eigenvalue weighted by Crippen LogP contribution is 2.19. The second-order valence-corrected chi connectivity index (χ2v) is 4.81.